The molecule has 2 aliphatic carbocycles. The van der Waals surface area contributed by atoms with Crippen LogP contribution in [0.2, 0.25) is 0 Å². The van der Waals surface area contributed by atoms with Gasteiger partial charge in [0.15, 0.2) is 0 Å². The Morgan fingerprint density at radius 3 is 2.64 bits per heavy atom. The molecule has 0 bridgehead atoms. The van der Waals surface area contributed by atoms with Gasteiger partial charge in [0.1, 0.15) is 0 Å². The van der Waals surface area contributed by atoms with Crippen molar-refractivity contribution in [2.75, 3.05) is 6.54 Å². The molecule has 3 atom stereocenters. The van der Waals surface area contributed by atoms with Gasteiger partial charge in [0.05, 0.1) is 5.69 Å². The fourth-order valence-corrected chi connectivity index (χ4v) is 4.57. The molecule has 4 nitrogen and oxygen atoms in total. The highest BCUT2D eigenvalue weighted by Gasteiger charge is 2.46. The summed E-state index contributed by atoms with van der Waals surface area (Å²) in [5, 5.41) is 4.56. The second-order valence-electron chi connectivity index (χ2n) is 8.50. The van der Waals surface area contributed by atoms with Gasteiger partial charge in [-0.3, -0.25) is 9.48 Å². The van der Waals surface area contributed by atoms with Gasteiger partial charge in [-0.25, -0.2) is 0 Å². The number of hydrogen-bond donors (Lipinski definition) is 0. The molecule has 2 aliphatic rings. The van der Waals surface area contributed by atoms with Crippen molar-refractivity contribution in [1.82, 2.24) is 14.7 Å². The molecule has 1 fully saturated rings. The summed E-state index contributed by atoms with van der Waals surface area (Å²) in [4.78, 5) is 15.6. The van der Waals surface area contributed by atoms with Crippen LogP contribution >= 0.6 is 0 Å². The highest BCUT2D eigenvalue weighted by atomic mass is 16.2. The number of carbonyl (C=O) groups excluding carboxylic acids is 1. The van der Waals surface area contributed by atoms with Gasteiger partial charge in [0, 0.05) is 37.3 Å². The third kappa shape index (κ3) is 3.91. The lowest BCUT2D eigenvalue weighted by atomic mass is 9.93. The van der Waals surface area contributed by atoms with Crippen LogP contribution in [0.1, 0.15) is 54.1 Å². The normalized spacial score (nSPS) is 23.6. The topological polar surface area (TPSA) is 38.1 Å². The minimum absolute atomic E-state index is 0.138. The van der Waals surface area contributed by atoms with Crippen molar-refractivity contribution >= 4 is 5.91 Å². The first-order valence-corrected chi connectivity index (χ1v) is 10.5. The Kier molecular flexibility index (Phi) is 5.38. The molecule has 2 aromatic rings. The van der Waals surface area contributed by atoms with Crippen LogP contribution in [0.25, 0.3) is 0 Å². The Hall–Kier alpha value is -2.36. The molecule has 1 aromatic heterocycles. The van der Waals surface area contributed by atoms with Crippen molar-refractivity contribution in [3.63, 3.8) is 0 Å². The van der Waals surface area contributed by atoms with Crippen molar-refractivity contribution in [2.24, 2.45) is 18.9 Å². The molecule has 1 saturated carbocycles. The number of allylic oxidation sites excluding steroid dienone is 2. The number of carbonyl (C=O) groups is 1. The van der Waals surface area contributed by atoms with E-state index in [1.54, 1.807) is 0 Å². The molecule has 1 aromatic carbocycles. The fourth-order valence-electron chi connectivity index (χ4n) is 4.57. The molecule has 0 N–H and O–H groups in total. The van der Waals surface area contributed by atoms with E-state index in [9.17, 15) is 4.79 Å². The Morgan fingerprint density at radius 1 is 1.21 bits per heavy atom. The zero-order valence-corrected chi connectivity index (χ0v) is 17.3. The van der Waals surface area contributed by atoms with Gasteiger partial charge >= 0.3 is 0 Å². The zero-order valence-electron chi connectivity index (χ0n) is 17.3. The summed E-state index contributed by atoms with van der Waals surface area (Å²) in [6, 6.07) is 10.5. The lowest BCUT2D eigenvalue weighted by Gasteiger charge is -2.29. The largest absolute Gasteiger partial charge is 0.338 e. The minimum Gasteiger partial charge on any atom is -0.338 e. The SMILES string of the molecule is Cc1nn(C)c(C)c1CN(C[C@H]1CC=CCC1)C(=O)[C@H]1C[C@H]1c1ccccc1. The fraction of sp³-hybridized carbons (Fsp3) is 0.500. The smallest absolute Gasteiger partial charge is 0.226 e. The second-order valence-corrected chi connectivity index (χ2v) is 8.50. The third-order valence-electron chi connectivity index (χ3n) is 6.51. The number of aryl methyl sites for hydroxylation is 2. The van der Waals surface area contributed by atoms with Crippen LogP contribution in [-0.2, 0) is 18.4 Å². The van der Waals surface area contributed by atoms with Crippen molar-refractivity contribution < 1.29 is 4.79 Å². The maximum atomic E-state index is 13.5. The second kappa shape index (κ2) is 7.94. The van der Waals surface area contributed by atoms with Crippen LogP contribution < -0.4 is 0 Å². The molecule has 148 valence electrons. The van der Waals surface area contributed by atoms with Gasteiger partial charge in [0.25, 0.3) is 0 Å². The Balaban J connectivity index is 1.52. The summed E-state index contributed by atoms with van der Waals surface area (Å²) in [5.74, 6) is 1.42. The van der Waals surface area contributed by atoms with Crippen LogP contribution in [0.5, 0.6) is 0 Å². The van der Waals surface area contributed by atoms with E-state index in [1.165, 1.54) is 17.5 Å². The number of rotatable bonds is 6. The molecular weight excluding hydrogens is 346 g/mol. The van der Waals surface area contributed by atoms with Crippen molar-refractivity contribution in [3.8, 4) is 0 Å². The number of aromatic nitrogens is 2. The molecule has 0 unspecified atom stereocenters. The van der Waals surface area contributed by atoms with Gasteiger partial charge in [-0.15, -0.1) is 0 Å². The highest BCUT2D eigenvalue weighted by Crippen LogP contribution is 2.48. The first-order valence-electron chi connectivity index (χ1n) is 10.5. The number of hydrogen-bond acceptors (Lipinski definition) is 2. The Bertz CT molecular complexity index is 867. The summed E-state index contributed by atoms with van der Waals surface area (Å²) in [7, 11) is 1.98. The summed E-state index contributed by atoms with van der Waals surface area (Å²) < 4.78 is 1.93. The Morgan fingerprint density at radius 2 is 2.00 bits per heavy atom. The maximum Gasteiger partial charge on any atom is 0.226 e. The third-order valence-corrected chi connectivity index (χ3v) is 6.51. The molecule has 4 rings (SSSR count). The van der Waals surface area contributed by atoms with Crippen molar-refractivity contribution in [3.05, 3.63) is 65.0 Å². The maximum absolute atomic E-state index is 13.5. The van der Waals surface area contributed by atoms with Gasteiger partial charge in [-0.05, 0) is 56.9 Å². The quantitative estimate of drug-likeness (QED) is 0.694. The van der Waals surface area contributed by atoms with E-state index in [2.05, 4.69) is 60.3 Å². The van der Waals surface area contributed by atoms with E-state index in [-0.39, 0.29) is 5.92 Å². The molecule has 1 amide bonds. The predicted octanol–water partition coefficient (Wildman–Crippen LogP) is 4.53. The molecule has 0 aliphatic heterocycles. The standard InChI is InChI=1S/C24H31N3O/c1-17-23(18(2)26(3)25-17)16-27(15-19-10-6-4-7-11-19)24(28)22-14-21(22)20-12-8-5-9-13-20/h4-6,8-9,12-13,19,21-22H,7,10-11,14-16H2,1-3H3/t19-,21-,22-/m0/s1. The van der Waals surface area contributed by atoms with Crippen LogP contribution in [0.4, 0.5) is 0 Å². The number of benzene rings is 1. The molecule has 4 heteroatoms. The van der Waals surface area contributed by atoms with Gasteiger partial charge < -0.3 is 4.90 Å². The van der Waals surface area contributed by atoms with Crippen LogP contribution in [0.3, 0.4) is 0 Å². The lowest BCUT2D eigenvalue weighted by molar-refractivity contribution is -0.134. The molecule has 1 heterocycles. The van der Waals surface area contributed by atoms with Gasteiger partial charge in [-0.2, -0.15) is 5.10 Å². The number of amides is 1. The number of nitrogens with zero attached hydrogens (tertiary/aromatic N) is 3. The molecule has 0 spiro atoms. The van der Waals surface area contributed by atoms with E-state index in [4.69, 9.17) is 0 Å². The minimum atomic E-state index is 0.138. The zero-order chi connectivity index (χ0) is 19.7. The lowest BCUT2D eigenvalue weighted by Crippen LogP contribution is -2.37. The van der Waals surface area contributed by atoms with E-state index in [0.29, 0.717) is 24.3 Å². The first kappa shape index (κ1) is 19.0. The summed E-state index contributed by atoms with van der Waals surface area (Å²) in [6.45, 7) is 5.70. The molecular formula is C24H31N3O. The van der Waals surface area contributed by atoms with Crippen LogP contribution in [0, 0.1) is 25.7 Å². The van der Waals surface area contributed by atoms with Gasteiger partial charge in [-0.1, -0.05) is 42.5 Å². The Labute approximate surface area is 168 Å². The monoisotopic (exact) mass is 377 g/mol. The van der Waals surface area contributed by atoms with Crippen LogP contribution in [-0.4, -0.2) is 27.1 Å². The molecule has 0 radical (unpaired) electrons. The highest BCUT2D eigenvalue weighted by molar-refractivity contribution is 5.83. The van der Waals surface area contributed by atoms with E-state index in [1.807, 2.05) is 17.8 Å². The molecule has 0 saturated heterocycles. The predicted molar refractivity (Wildman–Crippen MR) is 112 cm³/mol. The van der Waals surface area contributed by atoms with E-state index in [0.717, 1.165) is 37.2 Å². The summed E-state index contributed by atoms with van der Waals surface area (Å²) in [6.07, 6.45) is 8.92. The summed E-state index contributed by atoms with van der Waals surface area (Å²) in [5.41, 5.74) is 4.71. The van der Waals surface area contributed by atoms with Crippen molar-refractivity contribution in [2.45, 2.75) is 52.0 Å². The van der Waals surface area contributed by atoms with Crippen LogP contribution in [0.15, 0.2) is 42.5 Å². The van der Waals surface area contributed by atoms with Crippen molar-refractivity contribution in [1.29, 1.82) is 0 Å². The van der Waals surface area contributed by atoms with E-state index < -0.39 is 0 Å². The first-order chi connectivity index (χ1) is 13.5. The summed E-state index contributed by atoms with van der Waals surface area (Å²) >= 11 is 0. The average Bonchev–Trinajstić information content (AvgIpc) is 3.48. The molecule has 28 heavy (non-hydrogen) atoms. The van der Waals surface area contributed by atoms with E-state index >= 15 is 0 Å². The average molecular weight is 378 g/mol. The van der Waals surface area contributed by atoms with Gasteiger partial charge in [0.2, 0.25) is 5.91 Å².